The Morgan fingerprint density at radius 2 is 1.45 bits per heavy atom. The summed E-state index contributed by atoms with van der Waals surface area (Å²) in [7, 11) is 0. The van der Waals surface area contributed by atoms with Crippen LogP contribution in [0.5, 0.6) is 0 Å². The Kier molecular flexibility index (Phi) is 11.4. The summed E-state index contributed by atoms with van der Waals surface area (Å²) in [5.41, 5.74) is 1.60. The number of carbonyl (C=O) groups is 2. The van der Waals surface area contributed by atoms with E-state index in [2.05, 4.69) is 0 Å². The number of alkyl halides is 3. The van der Waals surface area contributed by atoms with Crippen LogP contribution in [0.25, 0.3) is 22.0 Å². The first-order chi connectivity index (χ1) is 26.1. The Morgan fingerprint density at radius 1 is 0.818 bits per heavy atom. The SMILES string of the molecule is CC(C)(C)OC(=O)N1CCC(N(Cc2ccc(-c3ccc(C(F)(F)F)cc3)cc2)C(=O)Cn2c(CCc3cccc(F)c3F)cc(=O)c3ccccc32)CC1. The van der Waals surface area contributed by atoms with Gasteiger partial charge in [0.05, 0.1) is 11.1 Å². The van der Waals surface area contributed by atoms with Crippen LogP contribution in [0.2, 0.25) is 0 Å². The number of likely N-dealkylation sites (tertiary alicyclic amines) is 1. The van der Waals surface area contributed by atoms with Crippen LogP contribution in [0.3, 0.4) is 0 Å². The average Bonchev–Trinajstić information content (AvgIpc) is 3.15. The van der Waals surface area contributed by atoms with E-state index in [-0.39, 0.29) is 48.9 Å². The molecule has 0 N–H and O–H groups in total. The molecule has 4 aromatic carbocycles. The molecule has 288 valence electrons. The second kappa shape index (κ2) is 16.1. The molecule has 1 aliphatic heterocycles. The molecule has 1 aliphatic rings. The van der Waals surface area contributed by atoms with E-state index in [1.807, 2.05) is 12.1 Å². The highest BCUT2D eigenvalue weighted by Crippen LogP contribution is 2.31. The molecule has 12 heteroatoms. The third-order valence-electron chi connectivity index (χ3n) is 9.81. The van der Waals surface area contributed by atoms with Gasteiger partial charge in [-0.3, -0.25) is 9.59 Å². The second-order valence-electron chi connectivity index (χ2n) is 14.8. The standard InChI is InChI=1S/C43H42F5N3O4/c1-42(2,3)55-41(54)49-23-21-33(22-24-49)51(26-28-11-13-29(14-12-28)30-15-18-32(19-16-30)43(46,47)48)39(53)27-50-34(20-17-31-7-6-9-36(44)40(31)45)25-38(52)35-8-4-5-10-37(35)50/h4-16,18-19,25,33H,17,20-24,26-27H2,1-3H3. The second-order valence-corrected chi connectivity index (χ2v) is 14.8. The molecule has 0 aliphatic carbocycles. The van der Waals surface area contributed by atoms with Gasteiger partial charge in [-0.15, -0.1) is 0 Å². The maximum atomic E-state index is 14.6. The van der Waals surface area contributed by atoms with E-state index in [0.29, 0.717) is 53.7 Å². The van der Waals surface area contributed by atoms with Crippen LogP contribution < -0.4 is 5.43 Å². The number of benzene rings is 4. The van der Waals surface area contributed by atoms with Crippen molar-refractivity contribution in [1.82, 2.24) is 14.4 Å². The zero-order valence-electron chi connectivity index (χ0n) is 30.8. The minimum Gasteiger partial charge on any atom is -0.444 e. The lowest BCUT2D eigenvalue weighted by atomic mass is 10.00. The molecule has 0 saturated carbocycles. The molecule has 7 nitrogen and oxygen atoms in total. The van der Waals surface area contributed by atoms with Crippen molar-refractivity contribution >= 4 is 22.9 Å². The summed E-state index contributed by atoms with van der Waals surface area (Å²) in [6, 6.07) is 24.2. The number of nitrogens with zero attached hydrogens (tertiary/aromatic N) is 3. The lowest BCUT2D eigenvalue weighted by molar-refractivity contribution is -0.137. The molecule has 0 radical (unpaired) electrons. The summed E-state index contributed by atoms with van der Waals surface area (Å²) in [5, 5.41) is 0.409. The highest BCUT2D eigenvalue weighted by atomic mass is 19.4. The van der Waals surface area contributed by atoms with Gasteiger partial charge < -0.3 is 19.1 Å². The van der Waals surface area contributed by atoms with Crippen LogP contribution in [0, 0.1) is 11.6 Å². The van der Waals surface area contributed by atoms with Crippen molar-refractivity contribution < 1.29 is 36.3 Å². The highest BCUT2D eigenvalue weighted by molar-refractivity contribution is 5.83. The average molecular weight is 760 g/mol. The number of halogens is 5. The first-order valence-corrected chi connectivity index (χ1v) is 18.2. The van der Waals surface area contributed by atoms with Crippen LogP contribution >= 0.6 is 0 Å². The number of amides is 2. The topological polar surface area (TPSA) is 71.8 Å². The molecule has 0 spiro atoms. The Bertz CT molecular complexity index is 2220. The minimum absolute atomic E-state index is 0.0910. The smallest absolute Gasteiger partial charge is 0.416 e. The number of aryl methyl sites for hydroxylation is 2. The fourth-order valence-electron chi connectivity index (χ4n) is 6.96. The number of aromatic nitrogens is 1. The van der Waals surface area contributed by atoms with Crippen molar-refractivity contribution in [2.45, 2.75) is 77.4 Å². The molecule has 1 aromatic heterocycles. The number of hydrogen-bond donors (Lipinski definition) is 0. The molecule has 0 atom stereocenters. The third kappa shape index (κ3) is 9.41. The van der Waals surface area contributed by atoms with Gasteiger partial charge >= 0.3 is 12.3 Å². The number of rotatable bonds is 9. The summed E-state index contributed by atoms with van der Waals surface area (Å²) in [4.78, 5) is 44.1. The maximum absolute atomic E-state index is 14.6. The summed E-state index contributed by atoms with van der Waals surface area (Å²) >= 11 is 0. The number of hydrogen-bond acceptors (Lipinski definition) is 4. The van der Waals surface area contributed by atoms with E-state index in [0.717, 1.165) is 23.8 Å². The van der Waals surface area contributed by atoms with Crippen LogP contribution in [0.1, 0.15) is 56.0 Å². The van der Waals surface area contributed by atoms with Gasteiger partial charge in [-0.1, -0.05) is 60.7 Å². The van der Waals surface area contributed by atoms with Gasteiger partial charge in [0.25, 0.3) is 0 Å². The van der Waals surface area contributed by atoms with Crippen molar-refractivity contribution in [3.05, 3.63) is 141 Å². The molecule has 1 saturated heterocycles. The molecule has 2 amide bonds. The van der Waals surface area contributed by atoms with Crippen LogP contribution in [0.4, 0.5) is 26.7 Å². The lowest BCUT2D eigenvalue weighted by Gasteiger charge is -2.39. The predicted octanol–water partition coefficient (Wildman–Crippen LogP) is 9.18. The quantitative estimate of drug-likeness (QED) is 0.141. The third-order valence-corrected chi connectivity index (χ3v) is 9.81. The van der Waals surface area contributed by atoms with E-state index in [9.17, 15) is 36.3 Å². The molecular weight excluding hydrogens is 717 g/mol. The van der Waals surface area contributed by atoms with Crippen LogP contribution in [-0.2, 0) is 41.6 Å². The summed E-state index contributed by atoms with van der Waals surface area (Å²) < 4.78 is 75.4. The Morgan fingerprint density at radius 3 is 2.09 bits per heavy atom. The number of fused-ring (bicyclic) bond motifs is 1. The molecule has 2 heterocycles. The van der Waals surface area contributed by atoms with E-state index in [4.69, 9.17) is 4.74 Å². The minimum atomic E-state index is -4.44. The zero-order chi connectivity index (χ0) is 39.5. The Hall–Kier alpha value is -5.52. The lowest BCUT2D eigenvalue weighted by Crippen LogP contribution is -2.50. The maximum Gasteiger partial charge on any atom is 0.416 e. The van der Waals surface area contributed by atoms with Gasteiger partial charge in [0.1, 0.15) is 12.1 Å². The Labute approximate surface area is 315 Å². The first kappa shape index (κ1) is 39.2. The summed E-state index contributed by atoms with van der Waals surface area (Å²) in [5.74, 6) is -2.18. The fraction of sp³-hybridized carbons (Fsp3) is 0.326. The van der Waals surface area contributed by atoms with Crippen LogP contribution in [-0.4, -0.2) is 51.1 Å². The number of carbonyl (C=O) groups excluding carboxylic acids is 2. The summed E-state index contributed by atoms with van der Waals surface area (Å²) in [6.45, 7) is 6.16. The molecule has 0 bridgehead atoms. The fourth-order valence-corrected chi connectivity index (χ4v) is 6.96. The van der Waals surface area contributed by atoms with Crippen molar-refractivity contribution in [2.24, 2.45) is 0 Å². The van der Waals surface area contributed by atoms with E-state index in [1.54, 1.807) is 71.5 Å². The predicted molar refractivity (Wildman–Crippen MR) is 200 cm³/mol. The molecular formula is C43H42F5N3O4. The molecule has 55 heavy (non-hydrogen) atoms. The number of piperidine rings is 1. The van der Waals surface area contributed by atoms with Crippen molar-refractivity contribution in [3.63, 3.8) is 0 Å². The molecule has 5 aromatic rings. The Balaban J connectivity index is 1.29. The van der Waals surface area contributed by atoms with Gasteiger partial charge in [0, 0.05) is 42.8 Å². The molecule has 0 unspecified atom stereocenters. The largest absolute Gasteiger partial charge is 0.444 e. The number of para-hydroxylation sites is 1. The molecule has 1 fully saturated rings. The zero-order valence-corrected chi connectivity index (χ0v) is 30.8. The normalized spacial score (nSPS) is 13.9. The van der Waals surface area contributed by atoms with Gasteiger partial charge in [-0.05, 0) is 99.0 Å². The van der Waals surface area contributed by atoms with E-state index >= 15 is 0 Å². The monoisotopic (exact) mass is 759 g/mol. The van der Waals surface area contributed by atoms with E-state index < -0.39 is 35.1 Å². The van der Waals surface area contributed by atoms with Gasteiger partial charge in [-0.25, -0.2) is 13.6 Å². The van der Waals surface area contributed by atoms with Gasteiger partial charge in [0.2, 0.25) is 5.91 Å². The van der Waals surface area contributed by atoms with Gasteiger partial charge in [0.15, 0.2) is 17.1 Å². The number of pyridine rings is 1. The number of ether oxygens (including phenoxy) is 1. The van der Waals surface area contributed by atoms with Crippen molar-refractivity contribution in [1.29, 1.82) is 0 Å². The summed E-state index contributed by atoms with van der Waals surface area (Å²) in [6.07, 6.45) is -3.66. The molecule has 6 rings (SSSR count). The highest BCUT2D eigenvalue weighted by Gasteiger charge is 2.33. The van der Waals surface area contributed by atoms with Crippen molar-refractivity contribution in [3.8, 4) is 11.1 Å². The van der Waals surface area contributed by atoms with E-state index in [1.165, 1.54) is 30.3 Å². The van der Waals surface area contributed by atoms with Crippen LogP contribution in [0.15, 0.2) is 102 Å². The first-order valence-electron chi connectivity index (χ1n) is 18.2. The van der Waals surface area contributed by atoms with Gasteiger partial charge in [-0.2, -0.15) is 13.2 Å². The van der Waals surface area contributed by atoms with Crippen molar-refractivity contribution in [2.75, 3.05) is 13.1 Å².